The van der Waals surface area contributed by atoms with Crippen LogP contribution in [0.15, 0.2) is 53.4 Å². The van der Waals surface area contributed by atoms with Crippen molar-refractivity contribution in [2.75, 3.05) is 18.2 Å². The molecule has 9 heteroatoms. The van der Waals surface area contributed by atoms with E-state index in [4.69, 9.17) is 10.5 Å². The van der Waals surface area contributed by atoms with Crippen LogP contribution in [0.1, 0.15) is 20.7 Å². The Bertz CT molecular complexity index is 934. The summed E-state index contributed by atoms with van der Waals surface area (Å²) in [6, 6.07) is 10.4. The third kappa shape index (κ3) is 5.15. The molecule has 0 aromatic heterocycles. The van der Waals surface area contributed by atoms with Gasteiger partial charge in [-0.2, -0.15) is 0 Å². The Morgan fingerprint density at radius 1 is 0.962 bits per heavy atom. The fraction of sp³-hybridized carbons (Fsp3) is 0.118. The van der Waals surface area contributed by atoms with Gasteiger partial charge in [0.25, 0.3) is 0 Å². The standard InChI is InChI=1S/C17H16N2O6S/c1-26(23,24)14-8-4-11(5-9-14)15(20)10-25-16(21)12-2-6-13(7-3-12)19-17(18)22/h2-9H,10H2,1H3,(H3,18,19,22). The predicted molar refractivity (Wildman–Crippen MR) is 93.8 cm³/mol. The molecule has 0 aliphatic heterocycles. The number of hydrogen-bond donors (Lipinski definition) is 2. The van der Waals surface area contributed by atoms with Crippen LogP contribution in [0.4, 0.5) is 10.5 Å². The molecule has 0 fully saturated rings. The van der Waals surface area contributed by atoms with Gasteiger partial charge in [-0.3, -0.25) is 4.79 Å². The lowest BCUT2D eigenvalue weighted by Crippen LogP contribution is -2.19. The molecule has 8 nitrogen and oxygen atoms in total. The van der Waals surface area contributed by atoms with Crippen molar-refractivity contribution in [3.05, 3.63) is 59.7 Å². The average Bonchev–Trinajstić information content (AvgIpc) is 2.59. The smallest absolute Gasteiger partial charge is 0.338 e. The molecule has 0 saturated carbocycles. The van der Waals surface area contributed by atoms with Crippen molar-refractivity contribution in [3.63, 3.8) is 0 Å². The lowest BCUT2D eigenvalue weighted by atomic mass is 10.1. The number of nitrogens with two attached hydrogens (primary N) is 1. The summed E-state index contributed by atoms with van der Waals surface area (Å²) in [6.45, 7) is -0.488. The van der Waals surface area contributed by atoms with Crippen molar-refractivity contribution < 1.29 is 27.5 Å². The van der Waals surface area contributed by atoms with Crippen LogP contribution >= 0.6 is 0 Å². The highest BCUT2D eigenvalue weighted by atomic mass is 32.2. The number of carbonyl (C=O) groups is 3. The minimum atomic E-state index is -3.35. The summed E-state index contributed by atoms with van der Waals surface area (Å²) in [4.78, 5) is 34.8. The van der Waals surface area contributed by atoms with Crippen LogP contribution in [0.2, 0.25) is 0 Å². The fourth-order valence-electron chi connectivity index (χ4n) is 2.02. The van der Waals surface area contributed by atoms with Gasteiger partial charge < -0.3 is 15.8 Å². The van der Waals surface area contributed by atoms with Gasteiger partial charge in [0.05, 0.1) is 10.5 Å². The molecule has 0 aliphatic carbocycles. The highest BCUT2D eigenvalue weighted by Crippen LogP contribution is 2.12. The first kappa shape index (κ1) is 19.1. The highest BCUT2D eigenvalue weighted by Gasteiger charge is 2.13. The maximum absolute atomic E-state index is 12.0. The zero-order chi connectivity index (χ0) is 19.3. The molecule has 3 N–H and O–H groups in total. The zero-order valence-corrected chi connectivity index (χ0v) is 14.6. The normalized spacial score (nSPS) is 10.8. The summed E-state index contributed by atoms with van der Waals surface area (Å²) >= 11 is 0. The second-order valence-electron chi connectivity index (χ2n) is 5.36. The SMILES string of the molecule is CS(=O)(=O)c1ccc(C(=O)COC(=O)c2ccc(NC(N)=O)cc2)cc1. The molecule has 26 heavy (non-hydrogen) atoms. The highest BCUT2D eigenvalue weighted by molar-refractivity contribution is 7.90. The maximum Gasteiger partial charge on any atom is 0.338 e. The van der Waals surface area contributed by atoms with E-state index >= 15 is 0 Å². The fourth-order valence-corrected chi connectivity index (χ4v) is 2.65. The second kappa shape index (κ2) is 7.79. The number of ether oxygens (including phenoxy) is 1. The Morgan fingerprint density at radius 3 is 2.00 bits per heavy atom. The summed E-state index contributed by atoms with van der Waals surface area (Å²) in [5.74, 6) is -1.18. The van der Waals surface area contributed by atoms with Gasteiger partial charge in [0, 0.05) is 17.5 Å². The Hall–Kier alpha value is -3.20. The van der Waals surface area contributed by atoms with Gasteiger partial charge in [0.1, 0.15) is 0 Å². The number of amides is 2. The molecule has 0 saturated heterocycles. The average molecular weight is 376 g/mol. The quantitative estimate of drug-likeness (QED) is 0.581. The van der Waals surface area contributed by atoms with Gasteiger partial charge in [-0.1, -0.05) is 0 Å². The number of rotatable bonds is 6. The molecule has 2 aromatic rings. The first-order valence-electron chi connectivity index (χ1n) is 7.34. The number of carbonyl (C=O) groups excluding carboxylic acids is 3. The molecular weight excluding hydrogens is 360 g/mol. The van der Waals surface area contributed by atoms with Gasteiger partial charge in [-0.25, -0.2) is 18.0 Å². The molecule has 0 spiro atoms. The van der Waals surface area contributed by atoms with Gasteiger partial charge >= 0.3 is 12.0 Å². The van der Waals surface area contributed by atoms with Crippen LogP contribution in [-0.4, -0.2) is 39.1 Å². The minimum Gasteiger partial charge on any atom is -0.454 e. The second-order valence-corrected chi connectivity index (χ2v) is 7.38. The summed E-state index contributed by atoms with van der Waals surface area (Å²) in [6.07, 6.45) is 1.07. The lowest BCUT2D eigenvalue weighted by Gasteiger charge is -2.06. The summed E-state index contributed by atoms with van der Waals surface area (Å²) in [7, 11) is -3.35. The van der Waals surface area contributed by atoms with Crippen molar-refractivity contribution in [1.29, 1.82) is 0 Å². The molecule has 0 unspecified atom stereocenters. The van der Waals surface area contributed by atoms with Crippen LogP contribution in [-0.2, 0) is 14.6 Å². The zero-order valence-electron chi connectivity index (χ0n) is 13.8. The van der Waals surface area contributed by atoms with E-state index < -0.39 is 34.2 Å². The number of hydrogen-bond acceptors (Lipinski definition) is 6. The lowest BCUT2D eigenvalue weighted by molar-refractivity contribution is 0.0475. The molecule has 0 heterocycles. The topological polar surface area (TPSA) is 133 Å². The molecule has 136 valence electrons. The third-order valence-electron chi connectivity index (χ3n) is 3.33. The first-order valence-corrected chi connectivity index (χ1v) is 9.23. The van der Waals surface area contributed by atoms with Crippen molar-refractivity contribution in [1.82, 2.24) is 0 Å². The number of Topliss-reactive ketones (excluding diaryl/α,β-unsaturated/α-hetero) is 1. The van der Waals surface area contributed by atoms with Gasteiger partial charge in [0.2, 0.25) is 0 Å². The van der Waals surface area contributed by atoms with E-state index in [9.17, 15) is 22.8 Å². The molecule has 2 amide bonds. The monoisotopic (exact) mass is 376 g/mol. The first-order chi connectivity index (χ1) is 12.2. The van der Waals surface area contributed by atoms with E-state index in [1.165, 1.54) is 48.5 Å². The van der Waals surface area contributed by atoms with Gasteiger partial charge in [0.15, 0.2) is 22.2 Å². The summed E-state index contributed by atoms with van der Waals surface area (Å²) < 4.78 is 27.7. The van der Waals surface area contributed by atoms with E-state index in [0.29, 0.717) is 5.69 Å². The van der Waals surface area contributed by atoms with Crippen molar-refractivity contribution >= 4 is 33.3 Å². The van der Waals surface area contributed by atoms with E-state index in [2.05, 4.69) is 5.32 Å². The molecule has 2 rings (SSSR count). The number of nitrogens with one attached hydrogen (secondary N) is 1. The van der Waals surface area contributed by atoms with Crippen LogP contribution in [0, 0.1) is 0 Å². The summed E-state index contributed by atoms with van der Waals surface area (Å²) in [5, 5.41) is 2.35. The Morgan fingerprint density at radius 2 is 1.50 bits per heavy atom. The van der Waals surface area contributed by atoms with Crippen molar-refractivity contribution in [2.24, 2.45) is 5.73 Å². The maximum atomic E-state index is 12.0. The number of primary amides is 1. The van der Waals surface area contributed by atoms with E-state index in [1.54, 1.807) is 0 Å². The molecule has 0 aliphatic rings. The van der Waals surface area contributed by atoms with E-state index in [0.717, 1.165) is 6.26 Å². The third-order valence-corrected chi connectivity index (χ3v) is 4.46. The van der Waals surface area contributed by atoms with Crippen molar-refractivity contribution in [3.8, 4) is 0 Å². The number of esters is 1. The van der Waals surface area contributed by atoms with Crippen molar-refractivity contribution in [2.45, 2.75) is 4.90 Å². The molecular formula is C17H16N2O6S. The van der Waals surface area contributed by atoms with E-state index in [-0.39, 0.29) is 16.0 Å². The Kier molecular flexibility index (Phi) is 5.73. The largest absolute Gasteiger partial charge is 0.454 e. The van der Waals surface area contributed by atoms with Crippen LogP contribution in [0.25, 0.3) is 0 Å². The van der Waals surface area contributed by atoms with Gasteiger partial charge in [-0.05, 0) is 48.5 Å². The predicted octanol–water partition coefficient (Wildman–Crippen LogP) is 1.62. The molecule has 0 bridgehead atoms. The summed E-state index contributed by atoms with van der Waals surface area (Å²) in [5.41, 5.74) is 5.81. The van der Waals surface area contributed by atoms with Crippen LogP contribution in [0.5, 0.6) is 0 Å². The molecule has 0 radical (unpaired) electrons. The Balaban J connectivity index is 1.96. The van der Waals surface area contributed by atoms with E-state index in [1.807, 2.05) is 0 Å². The van der Waals surface area contributed by atoms with Gasteiger partial charge in [-0.15, -0.1) is 0 Å². The van der Waals surface area contributed by atoms with Crippen LogP contribution in [0.3, 0.4) is 0 Å². The van der Waals surface area contributed by atoms with Crippen LogP contribution < -0.4 is 11.1 Å². The molecule has 0 atom stereocenters. The number of anilines is 1. The number of sulfone groups is 1. The number of urea groups is 1. The molecule has 2 aromatic carbocycles. The minimum absolute atomic E-state index is 0.0932. The Labute approximate surface area is 149 Å². The number of benzene rings is 2. The number of ketones is 1.